The summed E-state index contributed by atoms with van der Waals surface area (Å²) >= 11 is 0. The molecule has 0 radical (unpaired) electrons. The normalized spacial score (nSPS) is 15.2. The highest BCUT2D eigenvalue weighted by molar-refractivity contribution is 5.94. The van der Waals surface area contributed by atoms with Gasteiger partial charge >= 0.3 is 0 Å². The molecule has 2 aromatic rings. The van der Waals surface area contributed by atoms with Gasteiger partial charge in [-0.05, 0) is 30.0 Å². The molecule has 1 N–H and O–H groups in total. The summed E-state index contributed by atoms with van der Waals surface area (Å²) in [4.78, 5) is 21.4. The Bertz CT molecular complexity index is 778. The van der Waals surface area contributed by atoms with Gasteiger partial charge in [0.25, 0.3) is 5.91 Å². The fraction of sp³-hybridized carbons (Fsp3) is 0.417. The van der Waals surface area contributed by atoms with E-state index in [-0.39, 0.29) is 5.91 Å². The van der Waals surface area contributed by atoms with E-state index < -0.39 is 0 Å². The monoisotopic (exact) mass is 392 g/mol. The van der Waals surface area contributed by atoms with Gasteiger partial charge in [0.1, 0.15) is 5.82 Å². The molecule has 5 heteroatoms. The second-order valence-electron chi connectivity index (χ2n) is 7.94. The summed E-state index contributed by atoms with van der Waals surface area (Å²) in [6.07, 6.45) is 7.09. The highest BCUT2D eigenvalue weighted by Crippen LogP contribution is 2.14. The van der Waals surface area contributed by atoms with Crippen molar-refractivity contribution in [1.29, 1.82) is 0 Å². The van der Waals surface area contributed by atoms with Crippen LogP contribution in [0.2, 0.25) is 0 Å². The van der Waals surface area contributed by atoms with Crippen LogP contribution < -0.4 is 10.2 Å². The summed E-state index contributed by atoms with van der Waals surface area (Å²) in [7, 11) is 0. The van der Waals surface area contributed by atoms with E-state index >= 15 is 0 Å². The lowest BCUT2D eigenvalue weighted by Gasteiger charge is -2.34. The van der Waals surface area contributed by atoms with Gasteiger partial charge in [0.2, 0.25) is 0 Å². The van der Waals surface area contributed by atoms with Gasteiger partial charge in [-0.2, -0.15) is 0 Å². The molecule has 0 atom stereocenters. The van der Waals surface area contributed by atoms with E-state index in [1.807, 2.05) is 18.2 Å². The minimum absolute atomic E-state index is 0.0419. The number of carbonyl (C=O) groups is 1. The van der Waals surface area contributed by atoms with Crippen LogP contribution in [0.25, 0.3) is 6.08 Å². The van der Waals surface area contributed by atoms with Gasteiger partial charge in [-0.25, -0.2) is 4.98 Å². The van der Waals surface area contributed by atoms with Crippen molar-refractivity contribution >= 4 is 17.8 Å². The van der Waals surface area contributed by atoms with Crippen molar-refractivity contribution in [2.75, 3.05) is 44.2 Å². The molecule has 0 unspecified atom stereocenters. The molecule has 1 aliphatic rings. The maximum Gasteiger partial charge on any atom is 0.252 e. The molecule has 0 saturated carbocycles. The van der Waals surface area contributed by atoms with Crippen molar-refractivity contribution in [3.8, 4) is 0 Å². The molecular formula is C24H32N4O. The third-order valence-corrected chi connectivity index (χ3v) is 5.19. The summed E-state index contributed by atoms with van der Waals surface area (Å²) in [6, 6.07) is 14.2. The second-order valence-corrected chi connectivity index (χ2v) is 7.94. The number of piperazine rings is 1. The highest BCUT2D eigenvalue weighted by Gasteiger charge is 2.17. The number of hydrogen-bond acceptors (Lipinski definition) is 4. The maximum atomic E-state index is 12.2. The van der Waals surface area contributed by atoms with Crippen LogP contribution in [0.4, 0.5) is 5.82 Å². The molecule has 1 aromatic heterocycles. The minimum Gasteiger partial charge on any atom is -0.354 e. The number of benzene rings is 1. The van der Waals surface area contributed by atoms with Gasteiger partial charge < -0.3 is 10.2 Å². The van der Waals surface area contributed by atoms with Crippen LogP contribution in [0.15, 0.2) is 54.7 Å². The van der Waals surface area contributed by atoms with Crippen LogP contribution in [0, 0.1) is 5.92 Å². The van der Waals surface area contributed by atoms with Gasteiger partial charge in [0.15, 0.2) is 0 Å². The minimum atomic E-state index is -0.0419. The zero-order chi connectivity index (χ0) is 20.5. The largest absolute Gasteiger partial charge is 0.354 e. The third kappa shape index (κ3) is 6.71. The average molecular weight is 393 g/mol. The lowest BCUT2D eigenvalue weighted by molar-refractivity contribution is 0.0951. The molecule has 1 amide bonds. The number of carbonyl (C=O) groups excluding carboxylic acids is 1. The van der Waals surface area contributed by atoms with E-state index in [9.17, 15) is 4.79 Å². The van der Waals surface area contributed by atoms with Gasteiger partial charge in [-0.1, -0.05) is 56.3 Å². The molecule has 1 aliphatic heterocycles. The summed E-state index contributed by atoms with van der Waals surface area (Å²) in [6.45, 7) is 9.91. The standard InChI is InChI=1S/C24H32N4O/c1-20(2)12-13-25-24(29)22-10-11-23(26-19-22)28-17-15-27(16-18-28)14-6-9-21-7-4-3-5-8-21/h3-11,19-20H,12-18H2,1-2H3,(H,25,29)/b9-6+. The van der Waals surface area contributed by atoms with Crippen molar-refractivity contribution in [2.24, 2.45) is 5.92 Å². The Balaban J connectivity index is 1.43. The Morgan fingerprint density at radius 3 is 2.52 bits per heavy atom. The zero-order valence-corrected chi connectivity index (χ0v) is 17.6. The number of hydrogen-bond donors (Lipinski definition) is 1. The Morgan fingerprint density at radius 1 is 1.10 bits per heavy atom. The van der Waals surface area contributed by atoms with Crippen molar-refractivity contribution in [1.82, 2.24) is 15.2 Å². The summed E-state index contributed by atoms with van der Waals surface area (Å²) in [5, 5.41) is 2.96. The summed E-state index contributed by atoms with van der Waals surface area (Å²) < 4.78 is 0. The number of rotatable bonds is 8. The first-order valence-electron chi connectivity index (χ1n) is 10.5. The van der Waals surface area contributed by atoms with Gasteiger partial charge in [0.05, 0.1) is 5.56 Å². The smallest absolute Gasteiger partial charge is 0.252 e. The molecule has 3 rings (SSSR count). The fourth-order valence-corrected chi connectivity index (χ4v) is 3.35. The van der Waals surface area contributed by atoms with Crippen LogP contribution in [-0.2, 0) is 0 Å². The number of amides is 1. The Labute approximate surface area is 174 Å². The molecule has 0 spiro atoms. The van der Waals surface area contributed by atoms with Crippen LogP contribution in [0.1, 0.15) is 36.2 Å². The molecule has 154 valence electrons. The SMILES string of the molecule is CC(C)CCNC(=O)c1ccc(N2CCN(C/C=C/c3ccccc3)CC2)nc1. The Hall–Kier alpha value is -2.66. The quantitative estimate of drug-likeness (QED) is 0.744. The van der Waals surface area contributed by atoms with E-state index in [4.69, 9.17) is 0 Å². The second kappa shape index (κ2) is 10.8. The molecule has 0 aliphatic carbocycles. The lowest BCUT2D eigenvalue weighted by atomic mass is 10.1. The molecule has 1 aromatic carbocycles. The van der Waals surface area contributed by atoms with Crippen molar-refractivity contribution in [2.45, 2.75) is 20.3 Å². The van der Waals surface area contributed by atoms with Crippen LogP contribution in [0.5, 0.6) is 0 Å². The van der Waals surface area contributed by atoms with Gasteiger partial charge in [-0.3, -0.25) is 9.69 Å². The van der Waals surface area contributed by atoms with Crippen LogP contribution in [-0.4, -0.2) is 55.1 Å². The highest BCUT2D eigenvalue weighted by atomic mass is 16.1. The number of nitrogens with one attached hydrogen (secondary N) is 1. The van der Waals surface area contributed by atoms with E-state index in [0.717, 1.165) is 45.0 Å². The fourth-order valence-electron chi connectivity index (χ4n) is 3.35. The summed E-state index contributed by atoms with van der Waals surface area (Å²) in [5.74, 6) is 1.49. The number of pyridine rings is 1. The number of anilines is 1. The van der Waals surface area contributed by atoms with Crippen LogP contribution in [0.3, 0.4) is 0 Å². The average Bonchev–Trinajstić information content (AvgIpc) is 2.75. The van der Waals surface area contributed by atoms with Crippen molar-refractivity contribution < 1.29 is 4.79 Å². The van der Waals surface area contributed by atoms with Crippen LogP contribution >= 0.6 is 0 Å². The Kier molecular flexibility index (Phi) is 7.82. The van der Waals surface area contributed by atoms with Crippen molar-refractivity contribution in [3.63, 3.8) is 0 Å². The van der Waals surface area contributed by atoms with E-state index in [1.165, 1.54) is 5.56 Å². The van der Waals surface area contributed by atoms with E-state index in [2.05, 4.69) is 70.4 Å². The molecule has 5 nitrogen and oxygen atoms in total. The molecule has 1 fully saturated rings. The zero-order valence-electron chi connectivity index (χ0n) is 17.6. The van der Waals surface area contributed by atoms with E-state index in [0.29, 0.717) is 18.0 Å². The predicted octanol–water partition coefficient (Wildman–Crippen LogP) is 3.69. The lowest BCUT2D eigenvalue weighted by Crippen LogP contribution is -2.46. The molecule has 0 bridgehead atoms. The number of aromatic nitrogens is 1. The number of nitrogens with zero attached hydrogens (tertiary/aromatic N) is 3. The first-order chi connectivity index (χ1) is 14.1. The van der Waals surface area contributed by atoms with Gasteiger partial charge in [0, 0.05) is 45.5 Å². The molecule has 2 heterocycles. The topological polar surface area (TPSA) is 48.5 Å². The molecule has 1 saturated heterocycles. The molecular weight excluding hydrogens is 360 g/mol. The predicted molar refractivity (Wildman–Crippen MR) is 120 cm³/mol. The van der Waals surface area contributed by atoms with Crippen molar-refractivity contribution in [3.05, 3.63) is 65.9 Å². The first kappa shape index (κ1) is 21.1. The summed E-state index contributed by atoms with van der Waals surface area (Å²) in [5.41, 5.74) is 1.87. The molecule has 29 heavy (non-hydrogen) atoms. The van der Waals surface area contributed by atoms with Gasteiger partial charge in [-0.15, -0.1) is 0 Å². The van der Waals surface area contributed by atoms with E-state index in [1.54, 1.807) is 6.20 Å². The Morgan fingerprint density at radius 2 is 1.86 bits per heavy atom. The third-order valence-electron chi connectivity index (χ3n) is 5.19. The first-order valence-corrected chi connectivity index (χ1v) is 10.5. The maximum absolute atomic E-state index is 12.2.